The minimum absolute atomic E-state index is 0.0228. The average molecular weight is 377 g/mol. The van der Waals surface area contributed by atoms with Gasteiger partial charge in [-0.15, -0.1) is 0 Å². The van der Waals surface area contributed by atoms with E-state index in [1.165, 1.54) is 6.92 Å². The van der Waals surface area contributed by atoms with E-state index in [-0.39, 0.29) is 5.91 Å². The van der Waals surface area contributed by atoms with Crippen LogP contribution >= 0.6 is 0 Å². The normalized spacial score (nSPS) is 15.5. The van der Waals surface area contributed by atoms with Gasteiger partial charge in [0.1, 0.15) is 0 Å². The molecule has 0 aromatic heterocycles. The van der Waals surface area contributed by atoms with Crippen LogP contribution in [0.25, 0.3) is 0 Å². The standard InChI is InChI=1S/C22H23N3O3/c1-15(26)24-12-4-8-17-10-11-18(14-20(17)24)23-21(27)22(28)25-13-5-7-16-6-2-3-9-19(16)25/h2-3,6,9-11,14H,4-5,7-8,12-13H2,1H3,(H,23,27). The summed E-state index contributed by atoms with van der Waals surface area (Å²) in [5, 5.41) is 2.71. The van der Waals surface area contributed by atoms with Crippen LogP contribution in [-0.4, -0.2) is 30.8 Å². The van der Waals surface area contributed by atoms with Gasteiger partial charge in [-0.2, -0.15) is 0 Å². The molecule has 2 aromatic rings. The monoisotopic (exact) mass is 377 g/mol. The number of amides is 3. The fourth-order valence-electron chi connectivity index (χ4n) is 4.03. The van der Waals surface area contributed by atoms with Crippen LogP contribution in [0.15, 0.2) is 42.5 Å². The Bertz CT molecular complexity index is 954. The van der Waals surface area contributed by atoms with E-state index in [0.717, 1.165) is 48.2 Å². The molecule has 0 aliphatic carbocycles. The number of nitrogens with zero attached hydrogens (tertiary/aromatic N) is 2. The highest BCUT2D eigenvalue weighted by atomic mass is 16.2. The van der Waals surface area contributed by atoms with E-state index < -0.39 is 11.8 Å². The Hall–Kier alpha value is -3.15. The summed E-state index contributed by atoms with van der Waals surface area (Å²) in [5.41, 5.74) is 4.31. The summed E-state index contributed by atoms with van der Waals surface area (Å²) in [6, 6.07) is 13.2. The van der Waals surface area contributed by atoms with Crippen molar-refractivity contribution in [1.29, 1.82) is 0 Å². The van der Waals surface area contributed by atoms with E-state index in [1.807, 2.05) is 30.3 Å². The van der Waals surface area contributed by atoms with E-state index in [0.29, 0.717) is 18.8 Å². The molecule has 0 saturated carbocycles. The van der Waals surface area contributed by atoms with Crippen LogP contribution in [0, 0.1) is 0 Å². The lowest BCUT2D eigenvalue weighted by Crippen LogP contribution is -2.42. The largest absolute Gasteiger partial charge is 0.318 e. The molecule has 0 spiro atoms. The molecule has 2 heterocycles. The molecule has 2 aliphatic rings. The molecule has 0 radical (unpaired) electrons. The molecular weight excluding hydrogens is 354 g/mol. The third kappa shape index (κ3) is 3.38. The first-order chi connectivity index (χ1) is 13.5. The quantitative estimate of drug-likeness (QED) is 0.777. The van der Waals surface area contributed by atoms with Gasteiger partial charge in [0.15, 0.2) is 0 Å². The summed E-state index contributed by atoms with van der Waals surface area (Å²) < 4.78 is 0. The van der Waals surface area contributed by atoms with Gasteiger partial charge >= 0.3 is 11.8 Å². The number of aryl methyl sites for hydroxylation is 2. The topological polar surface area (TPSA) is 69.7 Å². The zero-order valence-corrected chi connectivity index (χ0v) is 15.9. The molecule has 144 valence electrons. The number of fused-ring (bicyclic) bond motifs is 2. The fourth-order valence-corrected chi connectivity index (χ4v) is 4.03. The number of anilines is 3. The van der Waals surface area contributed by atoms with Crippen LogP contribution < -0.4 is 15.1 Å². The van der Waals surface area contributed by atoms with Crippen LogP contribution in [0.3, 0.4) is 0 Å². The number of hydrogen-bond donors (Lipinski definition) is 1. The molecule has 6 heteroatoms. The van der Waals surface area contributed by atoms with E-state index in [2.05, 4.69) is 5.32 Å². The average Bonchev–Trinajstić information content (AvgIpc) is 2.72. The van der Waals surface area contributed by atoms with Gasteiger partial charge in [0.25, 0.3) is 0 Å². The number of rotatable bonds is 1. The second-order valence-electron chi connectivity index (χ2n) is 7.26. The van der Waals surface area contributed by atoms with Gasteiger partial charge in [-0.1, -0.05) is 24.3 Å². The van der Waals surface area contributed by atoms with Crippen LogP contribution in [0.5, 0.6) is 0 Å². The van der Waals surface area contributed by atoms with E-state index >= 15 is 0 Å². The summed E-state index contributed by atoms with van der Waals surface area (Å²) in [7, 11) is 0. The van der Waals surface area contributed by atoms with Crippen molar-refractivity contribution in [2.75, 3.05) is 28.2 Å². The van der Waals surface area contributed by atoms with Gasteiger partial charge in [0.05, 0.1) is 0 Å². The number of carbonyl (C=O) groups is 3. The van der Waals surface area contributed by atoms with Gasteiger partial charge in [0.2, 0.25) is 5.91 Å². The van der Waals surface area contributed by atoms with Crippen LogP contribution in [-0.2, 0) is 27.2 Å². The summed E-state index contributed by atoms with van der Waals surface area (Å²) >= 11 is 0. The maximum atomic E-state index is 12.8. The molecule has 1 N–H and O–H groups in total. The minimum atomic E-state index is -0.665. The summed E-state index contributed by atoms with van der Waals surface area (Å²) in [6.07, 6.45) is 3.57. The second kappa shape index (κ2) is 7.46. The molecule has 3 amide bonds. The highest BCUT2D eigenvalue weighted by Crippen LogP contribution is 2.31. The molecule has 0 saturated heterocycles. The van der Waals surface area contributed by atoms with Crippen molar-refractivity contribution < 1.29 is 14.4 Å². The third-order valence-electron chi connectivity index (χ3n) is 5.39. The van der Waals surface area contributed by atoms with E-state index in [4.69, 9.17) is 0 Å². The number of nitrogens with one attached hydrogen (secondary N) is 1. The number of hydrogen-bond acceptors (Lipinski definition) is 3. The molecule has 2 aliphatic heterocycles. The van der Waals surface area contributed by atoms with Gasteiger partial charge in [-0.25, -0.2) is 0 Å². The number of para-hydroxylation sites is 1. The Kier molecular flexibility index (Phi) is 4.86. The first kappa shape index (κ1) is 18.2. The van der Waals surface area contributed by atoms with Gasteiger partial charge in [-0.05, 0) is 55.0 Å². The number of benzene rings is 2. The highest BCUT2D eigenvalue weighted by molar-refractivity contribution is 6.44. The van der Waals surface area contributed by atoms with Crippen molar-refractivity contribution in [3.63, 3.8) is 0 Å². The van der Waals surface area contributed by atoms with Crippen LogP contribution in [0.2, 0.25) is 0 Å². The van der Waals surface area contributed by atoms with E-state index in [9.17, 15) is 14.4 Å². The first-order valence-corrected chi connectivity index (χ1v) is 9.66. The van der Waals surface area contributed by atoms with Crippen molar-refractivity contribution in [3.05, 3.63) is 53.6 Å². The lowest BCUT2D eigenvalue weighted by molar-refractivity contribution is -0.134. The zero-order chi connectivity index (χ0) is 19.7. The second-order valence-corrected chi connectivity index (χ2v) is 7.26. The Balaban J connectivity index is 1.54. The van der Waals surface area contributed by atoms with Gasteiger partial charge in [-0.3, -0.25) is 14.4 Å². The first-order valence-electron chi connectivity index (χ1n) is 9.66. The Morgan fingerprint density at radius 2 is 1.54 bits per heavy atom. The Morgan fingerprint density at radius 3 is 2.29 bits per heavy atom. The van der Waals surface area contributed by atoms with Crippen LogP contribution in [0.1, 0.15) is 30.9 Å². The van der Waals surface area contributed by atoms with Crippen molar-refractivity contribution in [2.24, 2.45) is 0 Å². The molecule has 0 fully saturated rings. The maximum absolute atomic E-state index is 12.8. The lowest BCUT2D eigenvalue weighted by Gasteiger charge is -2.30. The van der Waals surface area contributed by atoms with Crippen molar-refractivity contribution in [1.82, 2.24) is 0 Å². The van der Waals surface area contributed by atoms with Crippen molar-refractivity contribution >= 4 is 34.8 Å². The molecule has 0 bridgehead atoms. The molecule has 2 aromatic carbocycles. The minimum Gasteiger partial charge on any atom is -0.318 e. The maximum Gasteiger partial charge on any atom is 0.316 e. The van der Waals surface area contributed by atoms with E-state index in [1.54, 1.807) is 21.9 Å². The SMILES string of the molecule is CC(=O)N1CCCc2ccc(NC(=O)C(=O)N3CCCc4ccccc43)cc21. The fraction of sp³-hybridized carbons (Fsp3) is 0.318. The molecule has 28 heavy (non-hydrogen) atoms. The zero-order valence-electron chi connectivity index (χ0n) is 15.9. The summed E-state index contributed by atoms with van der Waals surface area (Å²) in [4.78, 5) is 40.6. The summed E-state index contributed by atoms with van der Waals surface area (Å²) in [6.45, 7) is 2.74. The van der Waals surface area contributed by atoms with Crippen molar-refractivity contribution in [2.45, 2.75) is 32.6 Å². The molecule has 0 atom stereocenters. The molecular formula is C22H23N3O3. The third-order valence-corrected chi connectivity index (χ3v) is 5.39. The lowest BCUT2D eigenvalue weighted by atomic mass is 10.0. The molecule has 0 unspecified atom stereocenters. The number of carbonyl (C=O) groups excluding carboxylic acids is 3. The van der Waals surface area contributed by atoms with Crippen molar-refractivity contribution in [3.8, 4) is 0 Å². The summed E-state index contributed by atoms with van der Waals surface area (Å²) in [5.74, 6) is -1.25. The molecule has 4 rings (SSSR count). The highest BCUT2D eigenvalue weighted by Gasteiger charge is 2.28. The molecule has 6 nitrogen and oxygen atoms in total. The Morgan fingerprint density at radius 1 is 0.857 bits per heavy atom. The smallest absolute Gasteiger partial charge is 0.316 e. The van der Waals surface area contributed by atoms with Crippen LogP contribution in [0.4, 0.5) is 17.1 Å². The predicted molar refractivity (Wildman–Crippen MR) is 109 cm³/mol. The Labute approximate surface area is 164 Å². The van der Waals surface area contributed by atoms with Gasteiger partial charge < -0.3 is 15.1 Å². The van der Waals surface area contributed by atoms with Gasteiger partial charge in [0, 0.05) is 37.1 Å². The predicted octanol–water partition coefficient (Wildman–Crippen LogP) is 2.90.